The minimum absolute atomic E-state index is 0.0343. The maximum absolute atomic E-state index is 12.8. The molecule has 0 aliphatic carbocycles. The SMILES string of the molecule is Cc1ccc(NC(=O)c2nnc(C(=O)N3CCC[C@H](C(=O)NC(C)C)C3)s2)cc1. The van der Waals surface area contributed by atoms with E-state index in [0.29, 0.717) is 18.8 Å². The van der Waals surface area contributed by atoms with Crippen molar-refractivity contribution in [2.75, 3.05) is 18.4 Å². The lowest BCUT2D eigenvalue weighted by molar-refractivity contribution is -0.126. The maximum atomic E-state index is 12.8. The van der Waals surface area contributed by atoms with Crippen molar-refractivity contribution >= 4 is 34.7 Å². The van der Waals surface area contributed by atoms with Crippen LogP contribution < -0.4 is 10.6 Å². The summed E-state index contributed by atoms with van der Waals surface area (Å²) in [5.41, 5.74) is 1.74. The van der Waals surface area contributed by atoms with Gasteiger partial charge in [-0.15, -0.1) is 10.2 Å². The number of nitrogens with zero attached hydrogens (tertiary/aromatic N) is 3. The third-order valence-electron chi connectivity index (χ3n) is 4.62. The fourth-order valence-electron chi connectivity index (χ4n) is 3.14. The van der Waals surface area contributed by atoms with Crippen LogP contribution in [-0.2, 0) is 4.79 Å². The van der Waals surface area contributed by atoms with Crippen molar-refractivity contribution in [2.45, 2.75) is 39.7 Å². The Morgan fingerprint density at radius 2 is 1.83 bits per heavy atom. The maximum Gasteiger partial charge on any atom is 0.286 e. The number of anilines is 1. The Labute approximate surface area is 173 Å². The Hall–Kier alpha value is -2.81. The molecule has 0 unspecified atom stereocenters. The van der Waals surface area contributed by atoms with Gasteiger partial charge in [0.1, 0.15) is 0 Å². The topological polar surface area (TPSA) is 104 Å². The molecule has 9 heteroatoms. The number of likely N-dealkylation sites (tertiary alicyclic amines) is 1. The Kier molecular flexibility index (Phi) is 6.58. The molecule has 29 heavy (non-hydrogen) atoms. The monoisotopic (exact) mass is 415 g/mol. The van der Waals surface area contributed by atoms with Gasteiger partial charge in [-0.3, -0.25) is 14.4 Å². The molecule has 1 aromatic carbocycles. The van der Waals surface area contributed by atoms with Gasteiger partial charge < -0.3 is 15.5 Å². The fourth-order valence-corrected chi connectivity index (χ4v) is 3.84. The fraction of sp³-hybridized carbons (Fsp3) is 0.450. The zero-order valence-electron chi connectivity index (χ0n) is 16.8. The lowest BCUT2D eigenvalue weighted by atomic mass is 9.97. The highest BCUT2D eigenvalue weighted by molar-refractivity contribution is 7.15. The van der Waals surface area contributed by atoms with Crippen LogP contribution in [0.2, 0.25) is 0 Å². The molecular formula is C20H25N5O3S. The number of carbonyl (C=O) groups excluding carboxylic acids is 3. The van der Waals surface area contributed by atoms with E-state index in [-0.39, 0.29) is 33.8 Å². The third-order valence-corrected chi connectivity index (χ3v) is 5.53. The van der Waals surface area contributed by atoms with Crippen LogP contribution in [0.5, 0.6) is 0 Å². The second kappa shape index (κ2) is 9.13. The molecule has 1 aliphatic heterocycles. The molecule has 3 amide bonds. The first-order chi connectivity index (χ1) is 13.8. The first kappa shape index (κ1) is 20.9. The summed E-state index contributed by atoms with van der Waals surface area (Å²) in [7, 11) is 0. The lowest BCUT2D eigenvalue weighted by Gasteiger charge is -2.31. The summed E-state index contributed by atoms with van der Waals surface area (Å²) in [6.07, 6.45) is 1.50. The van der Waals surface area contributed by atoms with Crippen molar-refractivity contribution in [3.05, 3.63) is 39.8 Å². The van der Waals surface area contributed by atoms with E-state index in [2.05, 4.69) is 20.8 Å². The van der Waals surface area contributed by atoms with E-state index in [9.17, 15) is 14.4 Å². The molecule has 2 N–H and O–H groups in total. The van der Waals surface area contributed by atoms with Crippen LogP contribution in [0, 0.1) is 12.8 Å². The first-order valence-corrected chi connectivity index (χ1v) is 10.5. The normalized spacial score (nSPS) is 16.6. The van der Waals surface area contributed by atoms with Gasteiger partial charge in [-0.1, -0.05) is 29.0 Å². The zero-order valence-corrected chi connectivity index (χ0v) is 17.6. The Morgan fingerprint density at radius 3 is 2.52 bits per heavy atom. The minimum atomic E-state index is -0.404. The standard InChI is InChI=1S/C20H25N5O3S/c1-12(2)21-16(26)14-5-4-10-25(11-14)20(28)19-24-23-18(29-19)17(27)22-15-8-6-13(3)7-9-15/h6-9,12,14H,4-5,10-11H2,1-3H3,(H,21,26)(H,22,27)/t14-/m0/s1. The van der Waals surface area contributed by atoms with Gasteiger partial charge in [0.15, 0.2) is 0 Å². The van der Waals surface area contributed by atoms with Crippen LogP contribution >= 0.6 is 11.3 Å². The molecule has 154 valence electrons. The van der Waals surface area contributed by atoms with Gasteiger partial charge in [-0.25, -0.2) is 0 Å². The predicted molar refractivity (Wildman–Crippen MR) is 111 cm³/mol. The van der Waals surface area contributed by atoms with E-state index in [1.54, 1.807) is 17.0 Å². The second-order valence-corrected chi connectivity index (χ2v) is 8.46. The average Bonchev–Trinajstić information content (AvgIpc) is 3.19. The van der Waals surface area contributed by atoms with E-state index >= 15 is 0 Å². The van der Waals surface area contributed by atoms with Crippen LogP contribution in [-0.4, -0.2) is 52.0 Å². The van der Waals surface area contributed by atoms with E-state index in [4.69, 9.17) is 0 Å². The molecule has 0 radical (unpaired) electrons. The number of rotatable bonds is 5. The Morgan fingerprint density at radius 1 is 1.14 bits per heavy atom. The third kappa shape index (κ3) is 5.38. The highest BCUT2D eigenvalue weighted by Crippen LogP contribution is 2.21. The number of amides is 3. The van der Waals surface area contributed by atoms with Gasteiger partial charge in [0.25, 0.3) is 11.8 Å². The van der Waals surface area contributed by atoms with E-state index in [1.807, 2.05) is 32.9 Å². The smallest absolute Gasteiger partial charge is 0.286 e. The van der Waals surface area contributed by atoms with Crippen molar-refractivity contribution in [3.63, 3.8) is 0 Å². The van der Waals surface area contributed by atoms with Gasteiger partial charge >= 0.3 is 0 Å². The number of nitrogens with one attached hydrogen (secondary N) is 2. The number of hydrogen-bond acceptors (Lipinski definition) is 6. The molecule has 1 fully saturated rings. The predicted octanol–water partition coefficient (Wildman–Crippen LogP) is 2.48. The number of benzene rings is 1. The summed E-state index contributed by atoms with van der Waals surface area (Å²) in [6.45, 7) is 6.70. The quantitative estimate of drug-likeness (QED) is 0.781. The van der Waals surface area contributed by atoms with Gasteiger partial charge in [0, 0.05) is 24.8 Å². The molecule has 1 aromatic heterocycles. The van der Waals surface area contributed by atoms with Crippen molar-refractivity contribution in [1.82, 2.24) is 20.4 Å². The van der Waals surface area contributed by atoms with Crippen molar-refractivity contribution in [3.8, 4) is 0 Å². The highest BCUT2D eigenvalue weighted by atomic mass is 32.1. The first-order valence-electron chi connectivity index (χ1n) is 9.64. The summed E-state index contributed by atoms with van der Waals surface area (Å²) in [5, 5.41) is 13.7. The molecule has 1 aliphatic rings. The van der Waals surface area contributed by atoms with Gasteiger partial charge in [-0.2, -0.15) is 0 Å². The number of aromatic nitrogens is 2. The van der Waals surface area contributed by atoms with E-state index < -0.39 is 5.91 Å². The average molecular weight is 416 g/mol. The van der Waals surface area contributed by atoms with Crippen LogP contribution in [0.15, 0.2) is 24.3 Å². The van der Waals surface area contributed by atoms with Crippen LogP contribution in [0.3, 0.4) is 0 Å². The summed E-state index contributed by atoms with van der Waals surface area (Å²) < 4.78 is 0. The van der Waals surface area contributed by atoms with E-state index in [1.165, 1.54) is 0 Å². The summed E-state index contributed by atoms with van der Waals surface area (Å²) in [4.78, 5) is 39.1. The number of aryl methyl sites for hydroxylation is 1. The summed E-state index contributed by atoms with van der Waals surface area (Å²) in [5.74, 6) is -0.961. The van der Waals surface area contributed by atoms with Crippen molar-refractivity contribution in [1.29, 1.82) is 0 Å². The molecule has 2 aromatic rings. The van der Waals surface area contributed by atoms with Crippen molar-refractivity contribution in [2.24, 2.45) is 5.92 Å². The molecule has 1 saturated heterocycles. The molecule has 0 spiro atoms. The summed E-state index contributed by atoms with van der Waals surface area (Å²) in [6, 6.07) is 7.46. The highest BCUT2D eigenvalue weighted by Gasteiger charge is 2.31. The second-order valence-electron chi connectivity index (χ2n) is 7.49. The lowest BCUT2D eigenvalue weighted by Crippen LogP contribution is -2.46. The number of hydrogen-bond donors (Lipinski definition) is 2. The molecule has 2 heterocycles. The molecular weight excluding hydrogens is 390 g/mol. The largest absolute Gasteiger partial charge is 0.354 e. The van der Waals surface area contributed by atoms with Crippen LogP contribution in [0.4, 0.5) is 5.69 Å². The van der Waals surface area contributed by atoms with Gasteiger partial charge in [0.05, 0.1) is 5.92 Å². The molecule has 3 rings (SSSR count). The van der Waals surface area contributed by atoms with Crippen molar-refractivity contribution < 1.29 is 14.4 Å². The molecule has 0 saturated carbocycles. The van der Waals surface area contributed by atoms with E-state index in [0.717, 1.165) is 29.7 Å². The molecule has 0 bridgehead atoms. The summed E-state index contributed by atoms with van der Waals surface area (Å²) >= 11 is 0.959. The Balaban J connectivity index is 1.63. The number of piperidine rings is 1. The molecule has 1 atom stereocenters. The van der Waals surface area contributed by atoms with Crippen LogP contribution in [0.1, 0.15) is 51.9 Å². The number of carbonyl (C=O) groups is 3. The minimum Gasteiger partial charge on any atom is -0.354 e. The molecule has 8 nitrogen and oxygen atoms in total. The zero-order chi connectivity index (χ0) is 21.0. The van der Waals surface area contributed by atoms with Crippen LogP contribution in [0.25, 0.3) is 0 Å². The van der Waals surface area contributed by atoms with Gasteiger partial charge in [0.2, 0.25) is 15.9 Å². The van der Waals surface area contributed by atoms with Gasteiger partial charge in [-0.05, 0) is 45.7 Å². The Bertz CT molecular complexity index is 894.